The summed E-state index contributed by atoms with van der Waals surface area (Å²) < 4.78 is 24.3. The molecule has 1 saturated heterocycles. The van der Waals surface area contributed by atoms with Gasteiger partial charge in [-0.15, -0.1) is 10.2 Å². The number of nitriles is 1. The molecule has 0 amide bonds. The van der Waals surface area contributed by atoms with Crippen molar-refractivity contribution in [2.75, 3.05) is 18.6 Å². The van der Waals surface area contributed by atoms with E-state index in [-0.39, 0.29) is 17.7 Å². The summed E-state index contributed by atoms with van der Waals surface area (Å²) in [5.74, 6) is 0.522. The van der Waals surface area contributed by atoms with Gasteiger partial charge in [0.15, 0.2) is 0 Å². The number of aryl methyl sites for hydroxylation is 1. The van der Waals surface area contributed by atoms with Crippen LogP contribution in [0.4, 0.5) is 10.1 Å². The van der Waals surface area contributed by atoms with Crippen molar-refractivity contribution in [1.82, 2.24) is 10.2 Å². The minimum atomic E-state index is -0.437. The molecule has 22 heavy (non-hydrogen) atoms. The Labute approximate surface area is 127 Å². The summed E-state index contributed by atoms with van der Waals surface area (Å²) in [4.78, 5) is 1.96. The normalized spacial score (nSPS) is 21.1. The van der Waals surface area contributed by atoms with Crippen molar-refractivity contribution in [3.63, 3.8) is 0 Å². The molecule has 1 fully saturated rings. The van der Waals surface area contributed by atoms with E-state index in [0.717, 1.165) is 0 Å². The van der Waals surface area contributed by atoms with Crippen molar-refractivity contribution in [3.05, 3.63) is 41.4 Å². The predicted molar refractivity (Wildman–Crippen MR) is 75.7 cm³/mol. The Balaban J connectivity index is 2.01. The summed E-state index contributed by atoms with van der Waals surface area (Å²) in [6.45, 7) is 2.30. The largest absolute Gasteiger partial charge is 0.423 e. The molecule has 6 nitrogen and oxygen atoms in total. The first-order valence-electron chi connectivity index (χ1n) is 6.91. The van der Waals surface area contributed by atoms with Crippen LogP contribution in [-0.2, 0) is 4.74 Å². The number of benzene rings is 1. The Morgan fingerprint density at radius 2 is 2.27 bits per heavy atom. The lowest BCUT2D eigenvalue weighted by Crippen LogP contribution is -2.25. The van der Waals surface area contributed by atoms with Crippen LogP contribution in [0.5, 0.6) is 0 Å². The van der Waals surface area contributed by atoms with Crippen molar-refractivity contribution in [2.24, 2.45) is 0 Å². The van der Waals surface area contributed by atoms with Crippen molar-refractivity contribution in [3.8, 4) is 6.07 Å². The Hall–Kier alpha value is -2.46. The molecule has 0 spiro atoms. The second-order valence-electron chi connectivity index (χ2n) is 5.19. The van der Waals surface area contributed by atoms with Gasteiger partial charge in [-0.05, 0) is 18.2 Å². The fourth-order valence-corrected chi connectivity index (χ4v) is 2.76. The first-order valence-corrected chi connectivity index (χ1v) is 6.91. The summed E-state index contributed by atoms with van der Waals surface area (Å²) in [6, 6.07) is 6.01. The predicted octanol–water partition coefficient (Wildman–Crippen LogP) is 2.36. The van der Waals surface area contributed by atoms with E-state index in [1.807, 2.05) is 11.0 Å². The van der Waals surface area contributed by atoms with E-state index < -0.39 is 5.82 Å². The lowest BCUT2D eigenvalue weighted by Gasteiger charge is -2.25. The fraction of sp³-hybridized carbons (Fsp3) is 0.400. The smallest absolute Gasteiger partial charge is 0.238 e. The van der Waals surface area contributed by atoms with Crippen LogP contribution in [0.25, 0.3) is 0 Å². The molecule has 2 aromatic rings. The summed E-state index contributed by atoms with van der Waals surface area (Å²) in [5, 5.41) is 17.2. The second-order valence-corrected chi connectivity index (χ2v) is 5.19. The molecule has 1 aliphatic rings. The van der Waals surface area contributed by atoms with E-state index in [1.54, 1.807) is 20.1 Å². The third-order valence-electron chi connectivity index (χ3n) is 3.81. The first-order chi connectivity index (χ1) is 10.6. The lowest BCUT2D eigenvalue weighted by atomic mass is 10.1. The number of aromatic nitrogens is 2. The van der Waals surface area contributed by atoms with Gasteiger partial charge in [0.2, 0.25) is 11.8 Å². The number of methoxy groups -OCH3 is 1. The van der Waals surface area contributed by atoms with Gasteiger partial charge in [-0.3, -0.25) is 0 Å². The van der Waals surface area contributed by atoms with Crippen LogP contribution in [0, 0.1) is 24.1 Å². The molecule has 2 atom stereocenters. The minimum absolute atomic E-state index is 0.0196. The number of hydrogen-bond donors (Lipinski definition) is 0. The number of anilines is 1. The average Bonchev–Trinajstić information content (AvgIpc) is 3.13. The van der Waals surface area contributed by atoms with Crippen LogP contribution in [0.3, 0.4) is 0 Å². The molecule has 1 aromatic carbocycles. The molecule has 3 rings (SSSR count). The Morgan fingerprint density at radius 3 is 2.91 bits per heavy atom. The van der Waals surface area contributed by atoms with Gasteiger partial charge in [0.05, 0.1) is 17.4 Å². The fourth-order valence-electron chi connectivity index (χ4n) is 2.76. The van der Waals surface area contributed by atoms with E-state index in [1.165, 1.54) is 12.1 Å². The van der Waals surface area contributed by atoms with Crippen molar-refractivity contribution in [2.45, 2.75) is 25.5 Å². The van der Waals surface area contributed by atoms with Gasteiger partial charge in [-0.1, -0.05) is 0 Å². The van der Waals surface area contributed by atoms with Crippen LogP contribution < -0.4 is 4.90 Å². The SMILES string of the molecule is CO[C@@H]1C[C@H](c2nnc(C)o2)N(c2ccc(F)cc2C#N)C1. The summed E-state index contributed by atoms with van der Waals surface area (Å²) in [7, 11) is 1.64. The highest BCUT2D eigenvalue weighted by Crippen LogP contribution is 2.38. The Kier molecular flexibility index (Phi) is 3.77. The second kappa shape index (κ2) is 5.73. The minimum Gasteiger partial charge on any atom is -0.423 e. The summed E-state index contributed by atoms with van der Waals surface area (Å²) in [5.41, 5.74) is 0.919. The molecule has 0 bridgehead atoms. The van der Waals surface area contributed by atoms with Gasteiger partial charge in [0.25, 0.3) is 0 Å². The van der Waals surface area contributed by atoms with E-state index in [9.17, 15) is 9.65 Å². The van der Waals surface area contributed by atoms with E-state index in [0.29, 0.717) is 30.4 Å². The number of hydrogen-bond acceptors (Lipinski definition) is 6. The molecule has 0 aliphatic carbocycles. The van der Waals surface area contributed by atoms with Crippen molar-refractivity contribution in [1.29, 1.82) is 5.26 Å². The lowest BCUT2D eigenvalue weighted by molar-refractivity contribution is 0.117. The molecule has 114 valence electrons. The maximum absolute atomic E-state index is 13.4. The Bertz CT molecular complexity index is 725. The van der Waals surface area contributed by atoms with Crippen LogP contribution >= 0.6 is 0 Å². The zero-order valence-electron chi connectivity index (χ0n) is 12.3. The zero-order chi connectivity index (χ0) is 15.7. The number of rotatable bonds is 3. The van der Waals surface area contributed by atoms with Gasteiger partial charge in [-0.2, -0.15) is 5.26 Å². The monoisotopic (exact) mass is 302 g/mol. The summed E-state index contributed by atoms with van der Waals surface area (Å²) in [6.07, 6.45) is 0.647. The highest BCUT2D eigenvalue weighted by Gasteiger charge is 2.37. The quantitative estimate of drug-likeness (QED) is 0.866. The van der Waals surface area contributed by atoms with Crippen LogP contribution in [0.15, 0.2) is 22.6 Å². The van der Waals surface area contributed by atoms with E-state index in [2.05, 4.69) is 10.2 Å². The van der Waals surface area contributed by atoms with E-state index in [4.69, 9.17) is 9.15 Å². The van der Waals surface area contributed by atoms with Crippen LogP contribution in [-0.4, -0.2) is 30.0 Å². The molecular formula is C15H15FN4O2. The van der Waals surface area contributed by atoms with E-state index >= 15 is 0 Å². The first kappa shape index (κ1) is 14.5. The topological polar surface area (TPSA) is 75.2 Å². The van der Waals surface area contributed by atoms with Gasteiger partial charge < -0.3 is 14.1 Å². The maximum Gasteiger partial charge on any atom is 0.238 e. The molecule has 0 saturated carbocycles. The molecule has 0 N–H and O–H groups in total. The molecule has 7 heteroatoms. The highest BCUT2D eigenvalue weighted by molar-refractivity contribution is 5.61. The van der Waals surface area contributed by atoms with Crippen molar-refractivity contribution >= 4 is 5.69 Å². The molecule has 1 aromatic heterocycles. The molecule has 2 heterocycles. The van der Waals surface area contributed by atoms with Crippen LogP contribution in [0.1, 0.15) is 29.8 Å². The van der Waals surface area contributed by atoms with Crippen molar-refractivity contribution < 1.29 is 13.5 Å². The van der Waals surface area contributed by atoms with Gasteiger partial charge in [0, 0.05) is 27.0 Å². The van der Waals surface area contributed by atoms with Gasteiger partial charge in [-0.25, -0.2) is 4.39 Å². The number of ether oxygens (including phenoxy) is 1. The standard InChI is InChI=1S/C15H15FN4O2/c1-9-18-19-15(22-9)14-6-12(21-2)8-20(14)13-4-3-11(16)5-10(13)7-17/h3-5,12,14H,6,8H2,1-2H3/t12-,14-/m1/s1. The van der Waals surface area contributed by atoms with Crippen LogP contribution in [0.2, 0.25) is 0 Å². The van der Waals surface area contributed by atoms with Gasteiger partial charge in [0.1, 0.15) is 17.9 Å². The molecule has 1 aliphatic heterocycles. The highest BCUT2D eigenvalue weighted by atomic mass is 19.1. The molecule has 0 radical (unpaired) electrons. The number of halogens is 1. The third kappa shape index (κ3) is 2.53. The molecular weight excluding hydrogens is 287 g/mol. The zero-order valence-corrected chi connectivity index (χ0v) is 12.3. The average molecular weight is 302 g/mol. The maximum atomic E-state index is 13.4. The van der Waals surface area contributed by atoms with Gasteiger partial charge >= 0.3 is 0 Å². The molecule has 0 unspecified atom stereocenters. The third-order valence-corrected chi connectivity index (χ3v) is 3.81. The summed E-state index contributed by atoms with van der Waals surface area (Å²) >= 11 is 0. The number of nitrogens with zero attached hydrogens (tertiary/aromatic N) is 4. The Morgan fingerprint density at radius 1 is 1.45 bits per heavy atom.